The Morgan fingerprint density at radius 3 is 2.47 bits per heavy atom. The van der Waals surface area contributed by atoms with Crippen LogP contribution in [0.25, 0.3) is 37.9 Å². The zero-order chi connectivity index (χ0) is 22.0. The fourth-order valence-electron chi connectivity index (χ4n) is 5.07. The van der Waals surface area contributed by atoms with Crippen molar-refractivity contribution in [2.75, 3.05) is 0 Å². The summed E-state index contributed by atoms with van der Waals surface area (Å²) in [6, 6.07) is 18.2. The highest BCUT2D eigenvalue weighted by Gasteiger charge is 2.32. The van der Waals surface area contributed by atoms with Gasteiger partial charge in [-0.05, 0) is 36.2 Å². The lowest BCUT2D eigenvalue weighted by Gasteiger charge is -2.33. The molecule has 5 aromatic rings. The van der Waals surface area contributed by atoms with Crippen LogP contribution < -0.4 is 5.56 Å². The lowest BCUT2D eigenvalue weighted by atomic mass is 9.72. The first-order valence-electron chi connectivity index (χ1n) is 11.2. The minimum atomic E-state index is -0.0420. The lowest BCUT2D eigenvalue weighted by Crippen LogP contribution is -2.26. The van der Waals surface area contributed by atoms with Crippen LogP contribution in [0.3, 0.4) is 0 Å². The highest BCUT2D eigenvalue weighted by Crippen LogP contribution is 2.42. The molecule has 0 N–H and O–H groups in total. The van der Waals surface area contributed by atoms with Gasteiger partial charge in [0.2, 0.25) is 0 Å². The standard InChI is InChI=1S/C27H25N3OS/c1-27(2,3)17-13-14-20-21(15-17)32-25-22(20)26(31)30-24(28-25)19-12-8-7-11-18(19)23(29-30)16-9-5-4-6-10-16/h4-12,17H,13-15H2,1-3H3. The second-order valence-corrected chi connectivity index (χ2v) is 11.0. The third-order valence-corrected chi connectivity index (χ3v) is 8.10. The number of hydrogen-bond acceptors (Lipinski definition) is 4. The van der Waals surface area contributed by atoms with Gasteiger partial charge in [0.1, 0.15) is 4.83 Å². The first-order valence-corrected chi connectivity index (χ1v) is 12.0. The summed E-state index contributed by atoms with van der Waals surface area (Å²) in [6.07, 6.45) is 3.09. The van der Waals surface area contributed by atoms with Gasteiger partial charge in [0, 0.05) is 21.2 Å². The van der Waals surface area contributed by atoms with Crippen molar-refractivity contribution < 1.29 is 0 Å². The summed E-state index contributed by atoms with van der Waals surface area (Å²) in [5.41, 5.74) is 3.88. The summed E-state index contributed by atoms with van der Waals surface area (Å²) >= 11 is 1.71. The van der Waals surface area contributed by atoms with Gasteiger partial charge in [-0.1, -0.05) is 75.4 Å². The molecule has 0 amide bonds. The zero-order valence-electron chi connectivity index (χ0n) is 18.6. The number of nitrogens with zero attached hydrogens (tertiary/aromatic N) is 3. The van der Waals surface area contributed by atoms with Gasteiger partial charge >= 0.3 is 0 Å². The first kappa shape index (κ1) is 19.6. The molecule has 4 nitrogen and oxygen atoms in total. The molecule has 160 valence electrons. The number of aryl methyl sites for hydroxylation is 1. The third-order valence-electron chi connectivity index (χ3n) is 6.96. The smallest absolute Gasteiger partial charge is 0.267 e. The van der Waals surface area contributed by atoms with Crippen molar-refractivity contribution in [3.63, 3.8) is 0 Å². The van der Waals surface area contributed by atoms with E-state index in [0.29, 0.717) is 11.6 Å². The number of fused-ring (bicyclic) bond motifs is 6. The maximum atomic E-state index is 13.8. The van der Waals surface area contributed by atoms with Gasteiger partial charge in [-0.2, -0.15) is 9.61 Å². The second-order valence-electron chi connectivity index (χ2n) is 9.90. The van der Waals surface area contributed by atoms with Crippen molar-refractivity contribution in [2.24, 2.45) is 11.3 Å². The largest absolute Gasteiger partial charge is 0.283 e. The number of thiophene rings is 1. The molecule has 3 heterocycles. The van der Waals surface area contributed by atoms with Crippen LogP contribution in [0.2, 0.25) is 0 Å². The summed E-state index contributed by atoms with van der Waals surface area (Å²) in [5, 5.41) is 7.60. The van der Waals surface area contributed by atoms with Crippen LogP contribution in [0.15, 0.2) is 59.4 Å². The monoisotopic (exact) mass is 439 g/mol. The van der Waals surface area contributed by atoms with Crippen LogP contribution in [0.4, 0.5) is 0 Å². The predicted octanol–water partition coefficient (Wildman–Crippen LogP) is 6.28. The quantitative estimate of drug-likeness (QED) is 0.289. The molecule has 0 spiro atoms. The van der Waals surface area contributed by atoms with Crippen molar-refractivity contribution in [1.82, 2.24) is 14.6 Å². The molecular weight excluding hydrogens is 414 g/mol. The second kappa shape index (κ2) is 6.97. The van der Waals surface area contributed by atoms with Gasteiger partial charge in [0.25, 0.3) is 5.56 Å². The van der Waals surface area contributed by atoms with E-state index in [4.69, 9.17) is 10.1 Å². The molecular formula is C27H25N3OS. The fourth-order valence-corrected chi connectivity index (χ4v) is 6.36. The Hall–Kier alpha value is -3.05. The molecule has 0 saturated heterocycles. The first-order chi connectivity index (χ1) is 15.4. The molecule has 0 bridgehead atoms. The number of aromatic nitrogens is 3. The minimum absolute atomic E-state index is 0.0420. The van der Waals surface area contributed by atoms with Crippen molar-refractivity contribution in [2.45, 2.75) is 40.0 Å². The minimum Gasteiger partial charge on any atom is -0.267 e. The normalized spacial score (nSPS) is 16.7. The Bertz CT molecular complexity index is 1560. The molecule has 5 heteroatoms. The molecule has 0 radical (unpaired) electrons. The van der Waals surface area contributed by atoms with E-state index in [0.717, 1.165) is 51.5 Å². The molecule has 3 aromatic heterocycles. The van der Waals surface area contributed by atoms with E-state index in [1.807, 2.05) is 48.5 Å². The molecule has 32 heavy (non-hydrogen) atoms. The summed E-state index contributed by atoms with van der Waals surface area (Å²) < 4.78 is 1.54. The SMILES string of the molecule is CC(C)(C)C1CCc2c(sc3nc4c5ccccc5c(-c5ccccc5)nn4c(=O)c23)C1. The summed E-state index contributed by atoms with van der Waals surface area (Å²) in [7, 11) is 0. The van der Waals surface area contributed by atoms with Crippen LogP contribution in [-0.4, -0.2) is 14.6 Å². The highest BCUT2D eigenvalue weighted by atomic mass is 32.1. The van der Waals surface area contributed by atoms with Crippen LogP contribution in [0.1, 0.15) is 37.6 Å². The van der Waals surface area contributed by atoms with Gasteiger partial charge in [0.15, 0.2) is 5.65 Å². The molecule has 1 aliphatic rings. The summed E-state index contributed by atoms with van der Waals surface area (Å²) in [6.45, 7) is 6.95. The van der Waals surface area contributed by atoms with Crippen LogP contribution >= 0.6 is 11.3 Å². The molecule has 1 atom stereocenters. The number of hydrogen-bond donors (Lipinski definition) is 0. The summed E-state index contributed by atoms with van der Waals surface area (Å²) in [4.78, 5) is 21.0. The lowest BCUT2D eigenvalue weighted by molar-refractivity contribution is 0.218. The van der Waals surface area contributed by atoms with E-state index in [2.05, 4.69) is 26.8 Å². The maximum absolute atomic E-state index is 13.8. The third kappa shape index (κ3) is 2.91. The predicted molar refractivity (Wildman–Crippen MR) is 133 cm³/mol. The Labute approximate surface area is 190 Å². The van der Waals surface area contributed by atoms with Crippen molar-refractivity contribution in [3.05, 3.63) is 75.4 Å². The van der Waals surface area contributed by atoms with Crippen molar-refractivity contribution >= 4 is 38.0 Å². The Kier molecular flexibility index (Phi) is 4.28. The van der Waals surface area contributed by atoms with Crippen molar-refractivity contribution in [1.29, 1.82) is 0 Å². The molecule has 0 aliphatic heterocycles. The summed E-state index contributed by atoms with van der Waals surface area (Å²) in [5.74, 6) is 0.629. The molecule has 0 saturated carbocycles. The number of rotatable bonds is 1. The Morgan fingerprint density at radius 1 is 1.00 bits per heavy atom. The molecule has 2 aromatic carbocycles. The van der Waals surface area contributed by atoms with Crippen LogP contribution in [-0.2, 0) is 12.8 Å². The van der Waals surface area contributed by atoms with E-state index in [9.17, 15) is 4.79 Å². The zero-order valence-corrected chi connectivity index (χ0v) is 19.4. The Morgan fingerprint density at radius 2 is 1.72 bits per heavy atom. The molecule has 0 fully saturated rings. The van der Waals surface area contributed by atoms with E-state index in [1.165, 1.54) is 15.0 Å². The van der Waals surface area contributed by atoms with Gasteiger partial charge in [0.05, 0.1) is 11.1 Å². The van der Waals surface area contributed by atoms with Gasteiger partial charge in [-0.15, -0.1) is 11.3 Å². The topological polar surface area (TPSA) is 47.3 Å². The van der Waals surface area contributed by atoms with E-state index < -0.39 is 0 Å². The van der Waals surface area contributed by atoms with E-state index in [-0.39, 0.29) is 11.0 Å². The average molecular weight is 440 g/mol. The van der Waals surface area contributed by atoms with Crippen LogP contribution in [0.5, 0.6) is 0 Å². The van der Waals surface area contributed by atoms with Crippen molar-refractivity contribution in [3.8, 4) is 11.3 Å². The van der Waals surface area contributed by atoms with Gasteiger partial charge < -0.3 is 0 Å². The highest BCUT2D eigenvalue weighted by molar-refractivity contribution is 7.18. The Balaban J connectivity index is 1.67. The van der Waals surface area contributed by atoms with Gasteiger partial charge in [-0.25, -0.2) is 4.98 Å². The van der Waals surface area contributed by atoms with Crippen LogP contribution in [0, 0.1) is 11.3 Å². The van der Waals surface area contributed by atoms with E-state index >= 15 is 0 Å². The fraction of sp³-hybridized carbons (Fsp3) is 0.296. The maximum Gasteiger partial charge on any atom is 0.283 e. The molecule has 1 aliphatic carbocycles. The average Bonchev–Trinajstić information content (AvgIpc) is 3.17. The molecule has 6 rings (SSSR count). The van der Waals surface area contributed by atoms with Gasteiger partial charge in [-0.3, -0.25) is 4.79 Å². The number of benzene rings is 2. The van der Waals surface area contributed by atoms with E-state index in [1.54, 1.807) is 11.3 Å². The molecule has 1 unspecified atom stereocenters.